The Hall–Kier alpha value is -0.890. The number of benzene rings is 1. The van der Waals surface area contributed by atoms with Gasteiger partial charge in [-0.15, -0.1) is 0 Å². The lowest BCUT2D eigenvalue weighted by atomic mass is 9.95. The number of hydrogen-bond donors (Lipinski definition) is 1. The maximum Gasteiger partial charge on any atom is 0.0812 e. The van der Waals surface area contributed by atoms with Crippen LogP contribution in [-0.2, 0) is 0 Å². The van der Waals surface area contributed by atoms with Crippen LogP contribution in [0.15, 0.2) is 24.3 Å². The van der Waals surface area contributed by atoms with Crippen LogP contribution in [-0.4, -0.2) is 4.99 Å². The Labute approximate surface area is 111 Å². The third-order valence-electron chi connectivity index (χ3n) is 2.87. The van der Waals surface area contributed by atoms with Crippen molar-refractivity contribution in [2.24, 2.45) is 5.41 Å². The van der Waals surface area contributed by atoms with Gasteiger partial charge in [0, 0.05) is 5.41 Å². The first kappa shape index (κ1) is 14.2. The third kappa shape index (κ3) is 4.12. The summed E-state index contributed by atoms with van der Waals surface area (Å²) in [6.07, 6.45) is 1.04. The lowest BCUT2D eigenvalue weighted by Gasteiger charge is -2.26. The summed E-state index contributed by atoms with van der Waals surface area (Å²) >= 11 is 5.45. The van der Waals surface area contributed by atoms with Gasteiger partial charge < -0.3 is 5.32 Å². The molecule has 1 aromatic carbocycles. The second-order valence-electron chi connectivity index (χ2n) is 5.59. The fourth-order valence-corrected chi connectivity index (χ4v) is 1.74. The van der Waals surface area contributed by atoms with Gasteiger partial charge in [-0.3, -0.25) is 0 Å². The van der Waals surface area contributed by atoms with Gasteiger partial charge in [-0.05, 0) is 18.9 Å². The SMILES string of the molecule is CCC(NC(=S)C(C)(C)C)c1ccc(C)cc1. The van der Waals surface area contributed by atoms with E-state index in [0.29, 0.717) is 6.04 Å². The molecular weight excluding hydrogens is 226 g/mol. The fraction of sp³-hybridized carbons (Fsp3) is 0.533. The fourth-order valence-electron chi connectivity index (χ4n) is 1.59. The van der Waals surface area contributed by atoms with Gasteiger partial charge in [-0.1, -0.05) is 69.7 Å². The standard InChI is InChI=1S/C15H23NS/c1-6-13(16-14(17)15(3,4)5)12-9-7-11(2)8-10-12/h7-10,13H,6H2,1-5H3,(H,16,17). The Morgan fingerprint density at radius 3 is 2.18 bits per heavy atom. The minimum absolute atomic E-state index is 0.0352. The van der Waals surface area contributed by atoms with Crippen LogP contribution >= 0.6 is 12.2 Å². The molecule has 0 heterocycles. The van der Waals surface area contributed by atoms with E-state index in [2.05, 4.69) is 64.2 Å². The molecule has 1 unspecified atom stereocenters. The maximum absolute atomic E-state index is 5.45. The van der Waals surface area contributed by atoms with Crippen molar-refractivity contribution in [3.63, 3.8) is 0 Å². The van der Waals surface area contributed by atoms with E-state index in [0.717, 1.165) is 11.4 Å². The van der Waals surface area contributed by atoms with Crippen molar-refractivity contribution in [1.29, 1.82) is 0 Å². The Bertz CT molecular complexity index is 373. The molecule has 1 nitrogen and oxygen atoms in total. The lowest BCUT2D eigenvalue weighted by molar-refractivity contribution is 0.537. The molecule has 0 saturated carbocycles. The molecule has 0 aromatic heterocycles. The molecule has 0 bridgehead atoms. The average Bonchev–Trinajstić information content (AvgIpc) is 2.25. The summed E-state index contributed by atoms with van der Waals surface area (Å²) in [6, 6.07) is 8.99. The van der Waals surface area contributed by atoms with E-state index >= 15 is 0 Å². The molecule has 0 amide bonds. The summed E-state index contributed by atoms with van der Waals surface area (Å²) in [5.41, 5.74) is 2.64. The summed E-state index contributed by atoms with van der Waals surface area (Å²) in [6.45, 7) is 10.7. The van der Waals surface area contributed by atoms with E-state index in [4.69, 9.17) is 12.2 Å². The van der Waals surface area contributed by atoms with Gasteiger partial charge in [0.05, 0.1) is 11.0 Å². The van der Waals surface area contributed by atoms with Crippen LogP contribution in [0.4, 0.5) is 0 Å². The molecule has 0 radical (unpaired) electrons. The van der Waals surface area contributed by atoms with Crippen LogP contribution in [0.5, 0.6) is 0 Å². The monoisotopic (exact) mass is 249 g/mol. The van der Waals surface area contributed by atoms with Crippen LogP contribution in [0.25, 0.3) is 0 Å². The van der Waals surface area contributed by atoms with Crippen molar-refractivity contribution in [2.75, 3.05) is 0 Å². The summed E-state index contributed by atoms with van der Waals surface area (Å²) in [5, 5.41) is 3.47. The quantitative estimate of drug-likeness (QED) is 0.796. The highest BCUT2D eigenvalue weighted by molar-refractivity contribution is 7.80. The second-order valence-corrected chi connectivity index (χ2v) is 6.00. The van der Waals surface area contributed by atoms with Crippen LogP contribution in [0, 0.1) is 12.3 Å². The van der Waals surface area contributed by atoms with Crippen molar-refractivity contribution in [2.45, 2.75) is 47.1 Å². The zero-order valence-electron chi connectivity index (χ0n) is 11.5. The molecule has 1 N–H and O–H groups in total. The summed E-state index contributed by atoms with van der Waals surface area (Å²) in [7, 11) is 0. The summed E-state index contributed by atoms with van der Waals surface area (Å²) in [5.74, 6) is 0. The van der Waals surface area contributed by atoms with Gasteiger partial charge in [0.15, 0.2) is 0 Å². The number of nitrogens with one attached hydrogen (secondary N) is 1. The normalized spacial score (nSPS) is 13.2. The van der Waals surface area contributed by atoms with Crippen LogP contribution in [0.1, 0.15) is 51.3 Å². The number of thiocarbonyl (C=S) groups is 1. The van der Waals surface area contributed by atoms with E-state index in [1.165, 1.54) is 11.1 Å². The van der Waals surface area contributed by atoms with Crippen LogP contribution < -0.4 is 5.32 Å². The van der Waals surface area contributed by atoms with E-state index in [1.807, 2.05) is 0 Å². The zero-order valence-corrected chi connectivity index (χ0v) is 12.3. The predicted molar refractivity (Wildman–Crippen MR) is 79.4 cm³/mol. The van der Waals surface area contributed by atoms with Crippen molar-refractivity contribution in [1.82, 2.24) is 5.32 Å². The van der Waals surface area contributed by atoms with Gasteiger partial charge >= 0.3 is 0 Å². The van der Waals surface area contributed by atoms with Crippen LogP contribution in [0.2, 0.25) is 0 Å². The summed E-state index contributed by atoms with van der Waals surface area (Å²) in [4.78, 5) is 0.935. The van der Waals surface area contributed by atoms with E-state index in [-0.39, 0.29) is 5.41 Å². The first-order chi connectivity index (χ1) is 7.84. The number of rotatable bonds is 3. The minimum atomic E-state index is 0.0352. The highest BCUT2D eigenvalue weighted by atomic mass is 32.1. The molecule has 17 heavy (non-hydrogen) atoms. The molecule has 1 aromatic rings. The number of aryl methyl sites for hydroxylation is 1. The molecule has 1 rings (SSSR count). The topological polar surface area (TPSA) is 12.0 Å². The molecule has 94 valence electrons. The van der Waals surface area contributed by atoms with Gasteiger partial charge in [0.25, 0.3) is 0 Å². The van der Waals surface area contributed by atoms with Gasteiger partial charge in [0.1, 0.15) is 0 Å². The Morgan fingerprint density at radius 1 is 1.24 bits per heavy atom. The Kier molecular flexibility index (Phi) is 4.70. The molecule has 0 spiro atoms. The largest absolute Gasteiger partial charge is 0.372 e. The summed E-state index contributed by atoms with van der Waals surface area (Å²) < 4.78 is 0. The van der Waals surface area contributed by atoms with E-state index in [9.17, 15) is 0 Å². The van der Waals surface area contributed by atoms with E-state index < -0.39 is 0 Å². The zero-order chi connectivity index (χ0) is 13.1. The predicted octanol–water partition coefficient (Wildman–Crippen LogP) is 4.41. The van der Waals surface area contributed by atoms with Crippen molar-refractivity contribution in [3.05, 3.63) is 35.4 Å². The van der Waals surface area contributed by atoms with Crippen molar-refractivity contribution >= 4 is 17.2 Å². The van der Waals surface area contributed by atoms with Crippen LogP contribution in [0.3, 0.4) is 0 Å². The first-order valence-electron chi connectivity index (χ1n) is 6.22. The second kappa shape index (κ2) is 5.63. The minimum Gasteiger partial charge on any atom is -0.372 e. The highest BCUT2D eigenvalue weighted by Crippen LogP contribution is 2.21. The van der Waals surface area contributed by atoms with Crippen molar-refractivity contribution in [3.8, 4) is 0 Å². The molecule has 0 aliphatic heterocycles. The first-order valence-corrected chi connectivity index (χ1v) is 6.63. The average molecular weight is 249 g/mol. The molecule has 2 heteroatoms. The van der Waals surface area contributed by atoms with Gasteiger partial charge in [-0.25, -0.2) is 0 Å². The van der Waals surface area contributed by atoms with Crippen molar-refractivity contribution < 1.29 is 0 Å². The maximum atomic E-state index is 5.45. The molecule has 1 atom stereocenters. The Balaban J connectivity index is 2.79. The molecule has 0 fully saturated rings. The highest BCUT2D eigenvalue weighted by Gasteiger charge is 2.20. The molecule has 0 aliphatic carbocycles. The number of hydrogen-bond acceptors (Lipinski definition) is 1. The molecular formula is C15H23NS. The Morgan fingerprint density at radius 2 is 1.76 bits per heavy atom. The van der Waals surface area contributed by atoms with Gasteiger partial charge in [-0.2, -0.15) is 0 Å². The lowest BCUT2D eigenvalue weighted by Crippen LogP contribution is -2.35. The van der Waals surface area contributed by atoms with E-state index in [1.54, 1.807) is 0 Å². The molecule has 0 saturated heterocycles. The smallest absolute Gasteiger partial charge is 0.0812 e. The molecule has 0 aliphatic rings. The van der Waals surface area contributed by atoms with Gasteiger partial charge in [0.2, 0.25) is 0 Å². The third-order valence-corrected chi connectivity index (χ3v) is 3.60.